The first-order valence-corrected chi connectivity index (χ1v) is 5.02. The van der Waals surface area contributed by atoms with Crippen LogP contribution in [0.1, 0.15) is 25.7 Å². The summed E-state index contributed by atoms with van der Waals surface area (Å²) in [6.07, 6.45) is 3.44. The molecule has 2 rings (SSSR count). The van der Waals surface area contributed by atoms with E-state index >= 15 is 0 Å². The Hall–Kier alpha value is -0.160. The molecule has 2 fully saturated rings. The Balaban J connectivity index is 2.00. The quantitative estimate of drug-likeness (QED) is 0.517. The van der Waals surface area contributed by atoms with E-state index in [1.807, 2.05) is 5.01 Å². The fourth-order valence-electron chi connectivity index (χ4n) is 2.42. The number of aliphatic hydroxyl groups excluding tert-OH is 1. The first kappa shape index (κ1) is 9.40. The van der Waals surface area contributed by atoms with Gasteiger partial charge in [0.2, 0.25) is 0 Å². The highest BCUT2D eigenvalue weighted by Gasteiger charge is 2.39. The molecule has 0 unspecified atom stereocenters. The van der Waals surface area contributed by atoms with Crippen molar-refractivity contribution in [2.45, 2.75) is 37.4 Å². The summed E-state index contributed by atoms with van der Waals surface area (Å²) in [7, 11) is 0. The van der Waals surface area contributed by atoms with E-state index in [0.717, 1.165) is 38.8 Å². The minimum Gasteiger partial charge on any atom is -0.393 e. The molecule has 3 N–H and O–H groups in total. The molecule has 2 aliphatic heterocycles. The molecule has 4 heteroatoms. The lowest BCUT2D eigenvalue weighted by atomic mass is 9.85. The van der Waals surface area contributed by atoms with Gasteiger partial charge in [-0.15, -0.1) is 0 Å². The summed E-state index contributed by atoms with van der Waals surface area (Å²) in [4.78, 5) is 0. The Bertz CT molecular complexity index is 166. The highest BCUT2D eigenvalue weighted by atomic mass is 16.5. The predicted octanol–water partition coefficient (Wildman–Crippen LogP) is -0.134. The van der Waals surface area contributed by atoms with Crippen molar-refractivity contribution < 1.29 is 9.84 Å². The second kappa shape index (κ2) is 3.53. The van der Waals surface area contributed by atoms with Crippen LogP contribution in [0.5, 0.6) is 0 Å². The van der Waals surface area contributed by atoms with Crippen molar-refractivity contribution >= 4 is 0 Å². The van der Waals surface area contributed by atoms with Crippen LogP contribution >= 0.6 is 0 Å². The Kier molecular flexibility index (Phi) is 2.55. The summed E-state index contributed by atoms with van der Waals surface area (Å²) >= 11 is 0. The van der Waals surface area contributed by atoms with E-state index in [1.165, 1.54) is 0 Å². The van der Waals surface area contributed by atoms with Gasteiger partial charge in [0.05, 0.1) is 11.7 Å². The minimum absolute atomic E-state index is 0.148. The average Bonchev–Trinajstić information content (AvgIpc) is 2.02. The minimum atomic E-state index is -0.194. The van der Waals surface area contributed by atoms with Crippen molar-refractivity contribution in [2.75, 3.05) is 19.7 Å². The van der Waals surface area contributed by atoms with E-state index in [0.29, 0.717) is 6.61 Å². The van der Waals surface area contributed by atoms with Crippen molar-refractivity contribution in [3.8, 4) is 0 Å². The highest BCUT2D eigenvalue weighted by Crippen LogP contribution is 2.32. The lowest BCUT2D eigenvalue weighted by Gasteiger charge is -2.44. The highest BCUT2D eigenvalue weighted by molar-refractivity contribution is 4.91. The van der Waals surface area contributed by atoms with Crippen LogP contribution in [0, 0.1) is 0 Å². The molecular weight excluding hydrogens is 168 g/mol. The molecule has 0 aromatic carbocycles. The van der Waals surface area contributed by atoms with Gasteiger partial charge in [-0.1, -0.05) is 0 Å². The van der Waals surface area contributed by atoms with E-state index in [2.05, 4.69) is 0 Å². The molecule has 0 radical (unpaired) electrons. The maximum absolute atomic E-state index is 9.57. The van der Waals surface area contributed by atoms with Crippen molar-refractivity contribution in [3.05, 3.63) is 0 Å². The summed E-state index contributed by atoms with van der Waals surface area (Å²) in [6, 6.07) is 0. The largest absolute Gasteiger partial charge is 0.393 e. The molecule has 2 atom stereocenters. The number of rotatable bonds is 0. The molecule has 0 aromatic rings. The molecule has 0 amide bonds. The number of ether oxygens (including phenoxy) is 1. The van der Waals surface area contributed by atoms with Crippen molar-refractivity contribution in [1.82, 2.24) is 5.01 Å². The topological polar surface area (TPSA) is 58.7 Å². The van der Waals surface area contributed by atoms with Crippen LogP contribution in [-0.2, 0) is 4.74 Å². The van der Waals surface area contributed by atoms with Crippen LogP contribution in [0.4, 0.5) is 0 Å². The number of piperidine rings is 1. The Labute approximate surface area is 78.6 Å². The molecule has 13 heavy (non-hydrogen) atoms. The van der Waals surface area contributed by atoms with Crippen LogP contribution in [0.3, 0.4) is 0 Å². The zero-order valence-electron chi connectivity index (χ0n) is 7.91. The van der Waals surface area contributed by atoms with Crippen LogP contribution in [0.15, 0.2) is 0 Å². The third-order valence-electron chi connectivity index (χ3n) is 3.04. The smallest absolute Gasteiger partial charge is 0.0847 e. The van der Waals surface area contributed by atoms with E-state index in [-0.39, 0.29) is 11.7 Å². The van der Waals surface area contributed by atoms with E-state index in [9.17, 15) is 5.11 Å². The summed E-state index contributed by atoms with van der Waals surface area (Å²) in [6.45, 7) is 2.39. The number of nitrogens with two attached hydrogens (primary N) is 1. The molecule has 1 spiro atoms. The standard InChI is InChI=1S/C9H18N2O2/c10-11-4-1-3-9(7-11)6-8(12)2-5-13-9/h8,12H,1-7,10H2/t8-,9-/m1/s1. The van der Waals surface area contributed by atoms with Crippen molar-refractivity contribution in [2.24, 2.45) is 5.84 Å². The van der Waals surface area contributed by atoms with Gasteiger partial charge in [-0.3, -0.25) is 5.84 Å². The van der Waals surface area contributed by atoms with E-state index < -0.39 is 0 Å². The van der Waals surface area contributed by atoms with Gasteiger partial charge in [0.25, 0.3) is 0 Å². The normalized spacial score (nSPS) is 42.5. The molecule has 2 saturated heterocycles. The molecule has 0 saturated carbocycles. The molecule has 0 bridgehead atoms. The number of nitrogens with zero attached hydrogens (tertiary/aromatic N) is 1. The third-order valence-corrected chi connectivity index (χ3v) is 3.04. The summed E-state index contributed by atoms with van der Waals surface area (Å²) < 4.78 is 5.77. The van der Waals surface area contributed by atoms with Crippen LogP contribution in [0.2, 0.25) is 0 Å². The molecule has 4 nitrogen and oxygen atoms in total. The van der Waals surface area contributed by atoms with Gasteiger partial charge in [-0.2, -0.15) is 0 Å². The van der Waals surface area contributed by atoms with Gasteiger partial charge in [-0.05, 0) is 19.3 Å². The van der Waals surface area contributed by atoms with Gasteiger partial charge in [0, 0.05) is 26.1 Å². The Morgan fingerprint density at radius 3 is 3.08 bits per heavy atom. The number of hydrogen-bond acceptors (Lipinski definition) is 4. The molecular formula is C9H18N2O2. The fourth-order valence-corrected chi connectivity index (χ4v) is 2.42. The third kappa shape index (κ3) is 2.02. The number of aliphatic hydroxyl groups is 1. The monoisotopic (exact) mass is 186 g/mol. The zero-order chi connectivity index (χ0) is 9.31. The molecule has 76 valence electrons. The molecule has 2 aliphatic rings. The second-order valence-electron chi connectivity index (χ2n) is 4.25. The van der Waals surface area contributed by atoms with E-state index in [4.69, 9.17) is 10.6 Å². The van der Waals surface area contributed by atoms with Gasteiger partial charge < -0.3 is 9.84 Å². The average molecular weight is 186 g/mol. The Morgan fingerprint density at radius 2 is 2.38 bits per heavy atom. The van der Waals surface area contributed by atoms with Crippen molar-refractivity contribution in [3.63, 3.8) is 0 Å². The summed E-state index contributed by atoms with van der Waals surface area (Å²) in [5, 5.41) is 11.4. The lowest BCUT2D eigenvalue weighted by Crippen LogP contribution is -2.55. The maximum Gasteiger partial charge on any atom is 0.0847 e. The molecule has 0 aliphatic carbocycles. The predicted molar refractivity (Wildman–Crippen MR) is 48.9 cm³/mol. The molecule has 0 aromatic heterocycles. The Morgan fingerprint density at radius 1 is 1.54 bits per heavy atom. The summed E-state index contributed by atoms with van der Waals surface area (Å²) in [5.41, 5.74) is -0.148. The number of hydrazine groups is 1. The fraction of sp³-hybridized carbons (Fsp3) is 1.00. The van der Waals surface area contributed by atoms with Gasteiger partial charge >= 0.3 is 0 Å². The van der Waals surface area contributed by atoms with Gasteiger partial charge in [0.1, 0.15) is 0 Å². The van der Waals surface area contributed by atoms with Crippen LogP contribution in [0.25, 0.3) is 0 Å². The van der Waals surface area contributed by atoms with Crippen LogP contribution < -0.4 is 5.84 Å². The first-order chi connectivity index (χ1) is 6.20. The lowest BCUT2D eigenvalue weighted by molar-refractivity contribution is -0.147. The van der Waals surface area contributed by atoms with E-state index in [1.54, 1.807) is 0 Å². The van der Waals surface area contributed by atoms with Crippen LogP contribution in [-0.4, -0.2) is 41.5 Å². The van der Waals surface area contributed by atoms with Gasteiger partial charge in [-0.25, -0.2) is 5.01 Å². The SMILES string of the molecule is NN1CCC[C@@]2(C[C@H](O)CCO2)C1. The number of hydrogen-bond donors (Lipinski definition) is 2. The summed E-state index contributed by atoms with van der Waals surface area (Å²) in [5.74, 6) is 5.76. The molecule has 2 heterocycles. The zero-order valence-corrected chi connectivity index (χ0v) is 7.91. The first-order valence-electron chi connectivity index (χ1n) is 5.02. The second-order valence-corrected chi connectivity index (χ2v) is 4.25. The van der Waals surface area contributed by atoms with Crippen molar-refractivity contribution in [1.29, 1.82) is 0 Å². The van der Waals surface area contributed by atoms with Gasteiger partial charge in [0.15, 0.2) is 0 Å². The maximum atomic E-state index is 9.57.